The molecule has 0 radical (unpaired) electrons. The summed E-state index contributed by atoms with van der Waals surface area (Å²) >= 11 is 3.39. The number of amides is 1. The van der Waals surface area contributed by atoms with Gasteiger partial charge in [-0.05, 0) is 54.3 Å². The molecule has 1 atom stereocenters. The lowest BCUT2D eigenvalue weighted by molar-refractivity contribution is 0.0938. The third-order valence-corrected chi connectivity index (χ3v) is 4.44. The highest BCUT2D eigenvalue weighted by Gasteiger charge is 2.19. The number of carbonyl (C=O) groups is 1. The van der Waals surface area contributed by atoms with Gasteiger partial charge in [0.05, 0.1) is 26.5 Å². The van der Waals surface area contributed by atoms with Crippen LogP contribution in [0.1, 0.15) is 22.2 Å². The first-order valence-electron chi connectivity index (χ1n) is 7.37. The van der Waals surface area contributed by atoms with Gasteiger partial charge < -0.3 is 19.2 Å². The first-order valence-corrected chi connectivity index (χ1v) is 8.16. The van der Waals surface area contributed by atoms with Crippen LogP contribution in [0.5, 0.6) is 11.5 Å². The van der Waals surface area contributed by atoms with Gasteiger partial charge in [0.2, 0.25) is 0 Å². The van der Waals surface area contributed by atoms with E-state index in [1.807, 2.05) is 31.1 Å². The second kappa shape index (κ2) is 8.21. The number of hydrogen-bond donors (Lipinski definition) is 1. The lowest BCUT2D eigenvalue weighted by atomic mass is 10.1. The minimum atomic E-state index is -0.211. The SMILES string of the molecule is COc1cc(C(=O)NCC(c2ccco2)N(C)C)cc(OC)c1Br. The largest absolute Gasteiger partial charge is 0.495 e. The topological polar surface area (TPSA) is 63.9 Å². The van der Waals surface area contributed by atoms with Gasteiger partial charge in [0.25, 0.3) is 5.91 Å². The molecule has 0 aliphatic heterocycles. The van der Waals surface area contributed by atoms with Crippen molar-refractivity contribution in [3.63, 3.8) is 0 Å². The summed E-state index contributed by atoms with van der Waals surface area (Å²) in [4.78, 5) is 14.5. The Labute approximate surface area is 149 Å². The third kappa shape index (κ3) is 4.10. The zero-order chi connectivity index (χ0) is 17.7. The lowest BCUT2D eigenvalue weighted by Crippen LogP contribution is -2.34. The number of nitrogens with one attached hydrogen (secondary N) is 1. The van der Waals surface area contributed by atoms with Crippen molar-refractivity contribution in [2.45, 2.75) is 6.04 Å². The number of furan rings is 1. The van der Waals surface area contributed by atoms with Gasteiger partial charge in [0, 0.05) is 12.1 Å². The van der Waals surface area contributed by atoms with Gasteiger partial charge in [-0.25, -0.2) is 0 Å². The monoisotopic (exact) mass is 396 g/mol. The molecular weight excluding hydrogens is 376 g/mol. The van der Waals surface area contributed by atoms with Crippen molar-refractivity contribution in [1.82, 2.24) is 10.2 Å². The second-order valence-corrected chi connectivity index (χ2v) is 6.19. The summed E-state index contributed by atoms with van der Waals surface area (Å²) in [7, 11) is 6.95. The van der Waals surface area contributed by atoms with Crippen LogP contribution in [0, 0.1) is 0 Å². The third-order valence-electron chi connectivity index (χ3n) is 3.66. The van der Waals surface area contributed by atoms with Crippen LogP contribution in [0.25, 0.3) is 0 Å². The predicted octanol–water partition coefficient (Wildman–Crippen LogP) is 3.09. The molecule has 7 heteroatoms. The zero-order valence-electron chi connectivity index (χ0n) is 14.1. The first kappa shape index (κ1) is 18.4. The first-order chi connectivity index (χ1) is 11.5. The number of benzene rings is 1. The normalized spacial score (nSPS) is 12.1. The van der Waals surface area contributed by atoms with Crippen LogP contribution in [0.3, 0.4) is 0 Å². The van der Waals surface area contributed by atoms with Gasteiger partial charge in [-0.15, -0.1) is 0 Å². The van der Waals surface area contributed by atoms with Crippen LogP contribution in [0.15, 0.2) is 39.4 Å². The Morgan fingerprint density at radius 2 is 1.92 bits per heavy atom. The van der Waals surface area contributed by atoms with Gasteiger partial charge in [-0.1, -0.05) is 0 Å². The average Bonchev–Trinajstić information content (AvgIpc) is 3.08. The smallest absolute Gasteiger partial charge is 0.251 e. The predicted molar refractivity (Wildman–Crippen MR) is 94.7 cm³/mol. The van der Waals surface area contributed by atoms with Crippen LogP contribution in [-0.2, 0) is 0 Å². The maximum absolute atomic E-state index is 12.5. The molecule has 1 heterocycles. The summed E-state index contributed by atoms with van der Waals surface area (Å²) in [5.74, 6) is 1.66. The molecule has 0 bridgehead atoms. The van der Waals surface area contributed by atoms with Crippen molar-refractivity contribution in [3.8, 4) is 11.5 Å². The van der Waals surface area contributed by atoms with Crippen molar-refractivity contribution in [2.75, 3.05) is 34.9 Å². The van der Waals surface area contributed by atoms with Crippen LogP contribution >= 0.6 is 15.9 Å². The molecule has 1 amide bonds. The van der Waals surface area contributed by atoms with Gasteiger partial charge in [-0.2, -0.15) is 0 Å². The van der Waals surface area contributed by atoms with Crippen LogP contribution < -0.4 is 14.8 Å². The minimum absolute atomic E-state index is 0.0526. The van der Waals surface area contributed by atoms with Crippen molar-refractivity contribution in [3.05, 3.63) is 46.3 Å². The van der Waals surface area contributed by atoms with Crippen molar-refractivity contribution < 1.29 is 18.7 Å². The molecule has 0 aliphatic carbocycles. The number of nitrogens with zero attached hydrogens (tertiary/aromatic N) is 1. The van der Waals surface area contributed by atoms with E-state index in [2.05, 4.69) is 21.2 Å². The molecule has 6 nitrogen and oxygen atoms in total. The molecule has 1 aromatic carbocycles. The average molecular weight is 397 g/mol. The summed E-state index contributed by atoms with van der Waals surface area (Å²) in [5.41, 5.74) is 0.462. The number of methoxy groups -OCH3 is 2. The highest BCUT2D eigenvalue weighted by molar-refractivity contribution is 9.10. The van der Waals surface area contributed by atoms with E-state index in [0.29, 0.717) is 28.1 Å². The van der Waals surface area contributed by atoms with Crippen LogP contribution in [-0.4, -0.2) is 45.7 Å². The number of ether oxygens (including phenoxy) is 2. The molecule has 2 rings (SSSR count). The van der Waals surface area contributed by atoms with Crippen molar-refractivity contribution >= 4 is 21.8 Å². The number of halogens is 1. The number of likely N-dealkylation sites (N-methyl/N-ethyl adjacent to an activating group) is 1. The highest BCUT2D eigenvalue weighted by atomic mass is 79.9. The Kier molecular flexibility index (Phi) is 6.28. The van der Waals surface area contributed by atoms with Crippen LogP contribution in [0.2, 0.25) is 0 Å². The number of hydrogen-bond acceptors (Lipinski definition) is 5. The summed E-state index contributed by atoms with van der Waals surface area (Å²) in [5, 5.41) is 2.92. The van der Waals surface area contributed by atoms with Gasteiger partial charge in [-0.3, -0.25) is 9.69 Å². The minimum Gasteiger partial charge on any atom is -0.495 e. The van der Waals surface area contributed by atoms with Crippen LogP contribution in [0.4, 0.5) is 0 Å². The van der Waals surface area contributed by atoms with Gasteiger partial charge in [0.15, 0.2) is 0 Å². The van der Waals surface area contributed by atoms with E-state index in [1.165, 1.54) is 0 Å². The lowest BCUT2D eigenvalue weighted by Gasteiger charge is -2.22. The highest BCUT2D eigenvalue weighted by Crippen LogP contribution is 2.35. The molecular formula is C17H21BrN2O4. The molecule has 0 fully saturated rings. The van der Waals surface area contributed by atoms with E-state index in [9.17, 15) is 4.79 Å². The zero-order valence-corrected chi connectivity index (χ0v) is 15.7. The fraction of sp³-hybridized carbons (Fsp3) is 0.353. The molecule has 24 heavy (non-hydrogen) atoms. The standard InChI is InChI=1S/C17H21BrN2O4/c1-20(2)12(13-6-5-7-24-13)10-19-17(21)11-8-14(22-3)16(18)15(9-11)23-4/h5-9,12H,10H2,1-4H3,(H,19,21). The van der Waals surface area contributed by atoms with E-state index in [0.717, 1.165) is 5.76 Å². The molecule has 0 saturated carbocycles. The summed E-state index contributed by atoms with van der Waals surface area (Å²) in [6, 6.07) is 7.00. The van der Waals surface area contributed by atoms with E-state index in [1.54, 1.807) is 32.6 Å². The molecule has 0 aliphatic rings. The Morgan fingerprint density at radius 3 is 2.38 bits per heavy atom. The Hall–Kier alpha value is -1.99. The van der Waals surface area contributed by atoms with E-state index < -0.39 is 0 Å². The van der Waals surface area contributed by atoms with Gasteiger partial charge >= 0.3 is 0 Å². The number of rotatable bonds is 7. The quantitative estimate of drug-likeness (QED) is 0.778. The fourth-order valence-corrected chi connectivity index (χ4v) is 2.86. The summed E-state index contributed by atoms with van der Waals surface area (Å²) in [6.45, 7) is 0.417. The van der Waals surface area contributed by atoms with Crippen molar-refractivity contribution in [1.29, 1.82) is 0 Å². The molecule has 1 N–H and O–H groups in total. The van der Waals surface area contributed by atoms with E-state index in [-0.39, 0.29) is 11.9 Å². The van der Waals surface area contributed by atoms with Gasteiger partial charge in [0.1, 0.15) is 21.7 Å². The fourth-order valence-electron chi connectivity index (χ4n) is 2.31. The van der Waals surface area contributed by atoms with E-state index in [4.69, 9.17) is 13.9 Å². The Morgan fingerprint density at radius 1 is 1.29 bits per heavy atom. The molecule has 0 saturated heterocycles. The maximum Gasteiger partial charge on any atom is 0.251 e. The summed E-state index contributed by atoms with van der Waals surface area (Å²) < 4.78 is 16.7. The van der Waals surface area contributed by atoms with E-state index >= 15 is 0 Å². The molecule has 130 valence electrons. The van der Waals surface area contributed by atoms with Crippen molar-refractivity contribution in [2.24, 2.45) is 0 Å². The molecule has 0 spiro atoms. The summed E-state index contributed by atoms with van der Waals surface area (Å²) in [6.07, 6.45) is 1.62. The second-order valence-electron chi connectivity index (χ2n) is 5.40. The molecule has 1 aromatic heterocycles. The molecule has 2 aromatic rings. The maximum atomic E-state index is 12.5. The Bertz CT molecular complexity index is 661. The molecule has 1 unspecified atom stereocenters. The number of carbonyl (C=O) groups excluding carboxylic acids is 1. The Balaban J connectivity index is 2.14.